The van der Waals surface area contributed by atoms with Crippen LogP contribution in [0.1, 0.15) is 35.5 Å². The summed E-state index contributed by atoms with van der Waals surface area (Å²) in [6.07, 6.45) is 0.712. The molecule has 1 heterocycles. The molecule has 0 saturated heterocycles. The summed E-state index contributed by atoms with van der Waals surface area (Å²) < 4.78 is 13.3. The SMILES string of the molecule is CCc1nnc(C)cc1C(N)c1cc(F)ccc1Cl. The van der Waals surface area contributed by atoms with Crippen molar-refractivity contribution in [1.29, 1.82) is 0 Å². The number of hydrogen-bond acceptors (Lipinski definition) is 3. The van der Waals surface area contributed by atoms with Gasteiger partial charge < -0.3 is 5.73 Å². The van der Waals surface area contributed by atoms with Gasteiger partial charge in [-0.2, -0.15) is 10.2 Å². The van der Waals surface area contributed by atoms with Crippen molar-refractivity contribution < 1.29 is 4.39 Å². The van der Waals surface area contributed by atoms with Crippen LogP contribution in [0.2, 0.25) is 5.02 Å². The van der Waals surface area contributed by atoms with E-state index in [1.807, 2.05) is 19.9 Å². The lowest BCUT2D eigenvalue weighted by atomic mass is 9.97. The molecular weight excluding hydrogens is 265 g/mol. The Hall–Kier alpha value is -1.52. The normalized spacial score (nSPS) is 12.5. The van der Waals surface area contributed by atoms with E-state index >= 15 is 0 Å². The molecule has 2 N–H and O–H groups in total. The Bertz CT molecular complexity index is 601. The van der Waals surface area contributed by atoms with Crippen LogP contribution >= 0.6 is 11.6 Å². The first-order chi connectivity index (χ1) is 9.02. The molecule has 2 rings (SSSR count). The number of hydrogen-bond donors (Lipinski definition) is 1. The number of nitrogens with two attached hydrogens (primary N) is 1. The van der Waals surface area contributed by atoms with Gasteiger partial charge in [-0.25, -0.2) is 4.39 Å². The van der Waals surface area contributed by atoms with Crippen molar-refractivity contribution in [3.05, 3.63) is 57.6 Å². The van der Waals surface area contributed by atoms with E-state index in [2.05, 4.69) is 10.2 Å². The Kier molecular flexibility index (Phi) is 4.12. The van der Waals surface area contributed by atoms with Gasteiger partial charge in [-0.05, 0) is 48.7 Å². The molecule has 0 aliphatic carbocycles. The van der Waals surface area contributed by atoms with E-state index in [4.69, 9.17) is 17.3 Å². The van der Waals surface area contributed by atoms with Gasteiger partial charge in [-0.1, -0.05) is 18.5 Å². The number of aromatic nitrogens is 2. The fourth-order valence-electron chi connectivity index (χ4n) is 2.00. The number of rotatable bonds is 3. The Labute approximate surface area is 116 Å². The molecule has 0 bridgehead atoms. The molecule has 5 heteroatoms. The zero-order valence-electron chi connectivity index (χ0n) is 10.8. The highest BCUT2D eigenvalue weighted by Gasteiger charge is 2.17. The zero-order chi connectivity index (χ0) is 14.0. The Balaban J connectivity index is 2.51. The summed E-state index contributed by atoms with van der Waals surface area (Å²) in [6.45, 7) is 3.82. The highest BCUT2D eigenvalue weighted by molar-refractivity contribution is 6.31. The molecule has 0 saturated carbocycles. The van der Waals surface area contributed by atoms with Gasteiger partial charge in [0.15, 0.2) is 0 Å². The van der Waals surface area contributed by atoms with Crippen molar-refractivity contribution in [2.75, 3.05) is 0 Å². The third kappa shape index (κ3) is 2.91. The molecule has 0 aliphatic heterocycles. The first kappa shape index (κ1) is 13.9. The summed E-state index contributed by atoms with van der Waals surface area (Å²) >= 11 is 6.09. The minimum atomic E-state index is -0.507. The zero-order valence-corrected chi connectivity index (χ0v) is 11.6. The van der Waals surface area contributed by atoms with Crippen molar-refractivity contribution >= 4 is 11.6 Å². The van der Waals surface area contributed by atoms with Gasteiger partial charge in [-0.3, -0.25) is 0 Å². The van der Waals surface area contributed by atoms with Crippen LogP contribution in [0.4, 0.5) is 4.39 Å². The second-order valence-corrected chi connectivity index (χ2v) is 4.79. The van der Waals surface area contributed by atoms with Gasteiger partial charge in [0.1, 0.15) is 5.82 Å². The Morgan fingerprint density at radius 2 is 2.00 bits per heavy atom. The van der Waals surface area contributed by atoms with Gasteiger partial charge in [0, 0.05) is 5.02 Å². The predicted molar refractivity (Wildman–Crippen MR) is 73.6 cm³/mol. The van der Waals surface area contributed by atoms with Crippen molar-refractivity contribution in [2.24, 2.45) is 5.73 Å². The highest BCUT2D eigenvalue weighted by atomic mass is 35.5. The first-order valence-corrected chi connectivity index (χ1v) is 6.44. The third-order valence-corrected chi connectivity index (χ3v) is 3.33. The molecule has 0 aliphatic rings. The summed E-state index contributed by atoms with van der Waals surface area (Å²) in [4.78, 5) is 0. The minimum absolute atomic E-state index is 0.355. The summed E-state index contributed by atoms with van der Waals surface area (Å²) in [6, 6.07) is 5.56. The van der Waals surface area contributed by atoms with Crippen molar-refractivity contribution in [3.8, 4) is 0 Å². The lowest BCUT2D eigenvalue weighted by molar-refractivity contribution is 0.623. The molecule has 1 aromatic heterocycles. The average molecular weight is 280 g/mol. The van der Waals surface area contributed by atoms with E-state index in [0.29, 0.717) is 17.0 Å². The summed E-state index contributed by atoms with van der Waals surface area (Å²) in [7, 11) is 0. The molecule has 19 heavy (non-hydrogen) atoms. The molecular formula is C14H15ClFN3. The third-order valence-electron chi connectivity index (χ3n) is 2.99. The molecule has 2 aromatic rings. The fraction of sp³-hybridized carbons (Fsp3) is 0.286. The van der Waals surface area contributed by atoms with Crippen LogP contribution in [0.15, 0.2) is 24.3 Å². The molecule has 0 fully saturated rings. The van der Waals surface area contributed by atoms with Crippen LogP contribution in [0.3, 0.4) is 0 Å². The first-order valence-electron chi connectivity index (χ1n) is 6.06. The quantitative estimate of drug-likeness (QED) is 0.939. The smallest absolute Gasteiger partial charge is 0.123 e. The summed E-state index contributed by atoms with van der Waals surface area (Å²) in [5.41, 5.74) is 9.18. The van der Waals surface area contributed by atoms with E-state index in [0.717, 1.165) is 17.0 Å². The standard InChI is InChI=1S/C14H15ClFN3/c1-3-13-11(6-8(2)18-19-13)14(17)10-7-9(16)4-5-12(10)15/h4-7,14H,3,17H2,1-2H3. The van der Waals surface area contributed by atoms with Crippen molar-refractivity contribution in [1.82, 2.24) is 10.2 Å². The van der Waals surface area contributed by atoms with Crippen LogP contribution < -0.4 is 5.73 Å². The van der Waals surface area contributed by atoms with Crippen LogP contribution in [-0.4, -0.2) is 10.2 Å². The molecule has 0 radical (unpaired) electrons. The molecule has 1 aromatic carbocycles. The van der Waals surface area contributed by atoms with E-state index in [-0.39, 0.29) is 5.82 Å². The molecule has 0 amide bonds. The van der Waals surface area contributed by atoms with Gasteiger partial charge in [0.05, 0.1) is 17.4 Å². The average Bonchev–Trinajstić information content (AvgIpc) is 2.40. The fourth-order valence-corrected chi connectivity index (χ4v) is 2.23. The van der Waals surface area contributed by atoms with Crippen LogP contribution in [-0.2, 0) is 6.42 Å². The van der Waals surface area contributed by atoms with Gasteiger partial charge in [-0.15, -0.1) is 0 Å². The van der Waals surface area contributed by atoms with Crippen LogP contribution in [0.5, 0.6) is 0 Å². The van der Waals surface area contributed by atoms with Crippen molar-refractivity contribution in [2.45, 2.75) is 26.3 Å². The summed E-state index contributed by atoms with van der Waals surface area (Å²) in [5, 5.41) is 8.59. The molecule has 1 atom stereocenters. The van der Waals surface area contributed by atoms with Gasteiger partial charge in [0.25, 0.3) is 0 Å². The summed E-state index contributed by atoms with van der Waals surface area (Å²) in [5.74, 6) is -0.355. The van der Waals surface area contributed by atoms with Crippen LogP contribution in [0.25, 0.3) is 0 Å². The molecule has 3 nitrogen and oxygen atoms in total. The van der Waals surface area contributed by atoms with E-state index in [1.165, 1.54) is 18.2 Å². The largest absolute Gasteiger partial charge is 0.320 e. The van der Waals surface area contributed by atoms with E-state index in [9.17, 15) is 4.39 Å². The lowest BCUT2D eigenvalue weighted by Gasteiger charge is -2.17. The molecule has 0 spiro atoms. The van der Waals surface area contributed by atoms with Crippen molar-refractivity contribution in [3.63, 3.8) is 0 Å². The monoisotopic (exact) mass is 279 g/mol. The van der Waals surface area contributed by atoms with Gasteiger partial charge in [0.2, 0.25) is 0 Å². The van der Waals surface area contributed by atoms with E-state index < -0.39 is 6.04 Å². The minimum Gasteiger partial charge on any atom is -0.320 e. The number of nitrogens with zero attached hydrogens (tertiary/aromatic N) is 2. The highest BCUT2D eigenvalue weighted by Crippen LogP contribution is 2.28. The number of aryl methyl sites for hydroxylation is 2. The maximum absolute atomic E-state index is 13.3. The topological polar surface area (TPSA) is 51.8 Å². The number of halogens is 2. The van der Waals surface area contributed by atoms with Gasteiger partial charge >= 0.3 is 0 Å². The second-order valence-electron chi connectivity index (χ2n) is 4.38. The maximum atomic E-state index is 13.3. The maximum Gasteiger partial charge on any atom is 0.123 e. The Morgan fingerprint density at radius 1 is 1.26 bits per heavy atom. The molecule has 100 valence electrons. The predicted octanol–water partition coefficient (Wildman–Crippen LogP) is 3.19. The Morgan fingerprint density at radius 3 is 2.68 bits per heavy atom. The lowest BCUT2D eigenvalue weighted by Crippen LogP contribution is -2.16. The van der Waals surface area contributed by atoms with E-state index in [1.54, 1.807) is 0 Å². The second kappa shape index (κ2) is 5.63. The molecule has 1 unspecified atom stereocenters. The van der Waals surface area contributed by atoms with Crippen LogP contribution in [0, 0.1) is 12.7 Å². The number of benzene rings is 1.